The van der Waals surface area contributed by atoms with Gasteiger partial charge in [0.15, 0.2) is 0 Å². The molecule has 0 fully saturated rings. The van der Waals surface area contributed by atoms with Gasteiger partial charge < -0.3 is 5.73 Å². The number of hydrogen-bond acceptors (Lipinski definition) is 3. The molecule has 2 N–H and O–H groups in total. The normalized spacial score (nSPS) is 10.1. The smallest absolute Gasteiger partial charge is 0.149 e. The fraction of sp³-hybridized carbons (Fsp3) is 0.0909. The van der Waals surface area contributed by atoms with E-state index >= 15 is 0 Å². The van der Waals surface area contributed by atoms with Gasteiger partial charge in [-0.3, -0.25) is 4.98 Å². The molecule has 3 heteroatoms. The van der Waals surface area contributed by atoms with E-state index in [1.807, 2.05) is 31.2 Å². The minimum absolute atomic E-state index is 0.474. The average Bonchev–Trinajstić information content (AvgIpc) is 2.20. The summed E-state index contributed by atoms with van der Waals surface area (Å²) in [5.74, 6) is 0.474. The number of nitrogens with zero attached hydrogens (tertiary/aromatic N) is 2. The van der Waals surface area contributed by atoms with Crippen molar-refractivity contribution in [1.82, 2.24) is 9.97 Å². The highest BCUT2D eigenvalue weighted by Crippen LogP contribution is 2.23. The van der Waals surface area contributed by atoms with Crippen LogP contribution in [0.2, 0.25) is 0 Å². The molecule has 0 saturated heterocycles. The summed E-state index contributed by atoms with van der Waals surface area (Å²) in [6.07, 6.45) is 3.25. The highest BCUT2D eigenvalue weighted by Gasteiger charge is 2.05. The van der Waals surface area contributed by atoms with Crippen LogP contribution in [0.1, 0.15) is 5.56 Å². The third-order valence-corrected chi connectivity index (χ3v) is 2.13. The first kappa shape index (κ1) is 8.69. The number of nitrogen functional groups attached to an aromatic ring is 1. The Morgan fingerprint density at radius 3 is 2.50 bits per heavy atom. The van der Waals surface area contributed by atoms with Crippen LogP contribution >= 0.6 is 0 Å². The first-order valence-electron chi connectivity index (χ1n) is 4.41. The van der Waals surface area contributed by atoms with Gasteiger partial charge in [0.2, 0.25) is 0 Å². The molecular formula is C11H11N3. The summed E-state index contributed by atoms with van der Waals surface area (Å²) in [5, 5.41) is 0. The van der Waals surface area contributed by atoms with Crippen LogP contribution < -0.4 is 5.73 Å². The van der Waals surface area contributed by atoms with Gasteiger partial charge in [0.25, 0.3) is 0 Å². The van der Waals surface area contributed by atoms with Crippen LogP contribution in [0.25, 0.3) is 11.3 Å². The molecule has 3 nitrogen and oxygen atoms in total. The van der Waals surface area contributed by atoms with Crippen LogP contribution in [-0.2, 0) is 0 Å². The second-order valence-corrected chi connectivity index (χ2v) is 3.11. The maximum atomic E-state index is 5.75. The van der Waals surface area contributed by atoms with Crippen molar-refractivity contribution in [1.29, 1.82) is 0 Å². The van der Waals surface area contributed by atoms with Crippen molar-refractivity contribution in [2.24, 2.45) is 0 Å². The predicted octanol–water partition coefficient (Wildman–Crippen LogP) is 2.03. The van der Waals surface area contributed by atoms with Crippen LogP contribution in [0, 0.1) is 6.92 Å². The molecule has 2 rings (SSSR count). The zero-order chi connectivity index (χ0) is 9.97. The fourth-order valence-corrected chi connectivity index (χ4v) is 1.39. The summed E-state index contributed by atoms with van der Waals surface area (Å²) >= 11 is 0. The Balaban J connectivity index is 2.61. The molecule has 14 heavy (non-hydrogen) atoms. The van der Waals surface area contributed by atoms with Crippen LogP contribution in [0.4, 0.5) is 5.82 Å². The number of hydrogen-bond donors (Lipinski definition) is 1. The zero-order valence-electron chi connectivity index (χ0n) is 7.94. The number of aromatic nitrogens is 2. The lowest BCUT2D eigenvalue weighted by atomic mass is 10.1. The fourth-order valence-electron chi connectivity index (χ4n) is 1.39. The minimum Gasteiger partial charge on any atom is -0.382 e. The summed E-state index contributed by atoms with van der Waals surface area (Å²) < 4.78 is 0. The van der Waals surface area contributed by atoms with E-state index in [0.717, 1.165) is 16.8 Å². The van der Waals surface area contributed by atoms with Gasteiger partial charge in [-0.05, 0) is 12.5 Å². The van der Waals surface area contributed by atoms with Gasteiger partial charge in [0.05, 0.1) is 0 Å². The van der Waals surface area contributed by atoms with Gasteiger partial charge in [-0.2, -0.15) is 0 Å². The van der Waals surface area contributed by atoms with E-state index in [4.69, 9.17) is 5.73 Å². The Labute approximate surface area is 82.6 Å². The van der Waals surface area contributed by atoms with Gasteiger partial charge in [0.1, 0.15) is 11.5 Å². The molecule has 0 radical (unpaired) electrons. The largest absolute Gasteiger partial charge is 0.382 e. The van der Waals surface area contributed by atoms with Gasteiger partial charge >= 0.3 is 0 Å². The molecule has 1 aromatic heterocycles. The Bertz CT molecular complexity index is 408. The number of anilines is 1. The van der Waals surface area contributed by atoms with Crippen molar-refractivity contribution in [3.63, 3.8) is 0 Å². The van der Waals surface area contributed by atoms with Crippen molar-refractivity contribution in [2.75, 3.05) is 5.73 Å². The molecule has 1 aromatic carbocycles. The third kappa shape index (κ3) is 1.44. The van der Waals surface area contributed by atoms with Gasteiger partial charge in [-0.25, -0.2) is 4.98 Å². The van der Waals surface area contributed by atoms with Crippen molar-refractivity contribution in [2.45, 2.75) is 6.92 Å². The lowest BCUT2D eigenvalue weighted by Gasteiger charge is -2.05. The lowest BCUT2D eigenvalue weighted by molar-refractivity contribution is 1.21. The molecule has 0 aliphatic carbocycles. The first-order valence-corrected chi connectivity index (χ1v) is 4.41. The Morgan fingerprint density at radius 2 is 1.79 bits per heavy atom. The maximum absolute atomic E-state index is 5.75. The molecular weight excluding hydrogens is 174 g/mol. The topological polar surface area (TPSA) is 51.8 Å². The summed E-state index contributed by atoms with van der Waals surface area (Å²) in [5.41, 5.74) is 8.70. The molecule has 0 aliphatic heterocycles. The molecule has 1 heterocycles. The summed E-state index contributed by atoms with van der Waals surface area (Å²) in [7, 11) is 0. The van der Waals surface area contributed by atoms with E-state index in [0.29, 0.717) is 5.82 Å². The molecule has 0 spiro atoms. The SMILES string of the molecule is Cc1ccccc1-c1nccnc1N. The van der Waals surface area contributed by atoms with Gasteiger partial charge in [-0.15, -0.1) is 0 Å². The van der Waals surface area contributed by atoms with Crippen molar-refractivity contribution in [3.05, 3.63) is 42.2 Å². The van der Waals surface area contributed by atoms with E-state index in [1.165, 1.54) is 0 Å². The number of aryl methyl sites for hydroxylation is 1. The van der Waals surface area contributed by atoms with E-state index in [1.54, 1.807) is 12.4 Å². The van der Waals surface area contributed by atoms with Gasteiger partial charge in [-0.1, -0.05) is 24.3 Å². The van der Waals surface area contributed by atoms with E-state index in [2.05, 4.69) is 9.97 Å². The van der Waals surface area contributed by atoms with E-state index < -0.39 is 0 Å². The van der Waals surface area contributed by atoms with E-state index in [-0.39, 0.29) is 0 Å². The highest BCUT2D eigenvalue weighted by molar-refractivity contribution is 5.71. The number of benzene rings is 1. The van der Waals surface area contributed by atoms with Crippen LogP contribution in [0.5, 0.6) is 0 Å². The molecule has 0 amide bonds. The minimum atomic E-state index is 0.474. The Kier molecular flexibility index (Phi) is 2.14. The molecule has 70 valence electrons. The average molecular weight is 185 g/mol. The third-order valence-electron chi connectivity index (χ3n) is 2.13. The Hall–Kier alpha value is -1.90. The standard InChI is InChI=1S/C11H11N3/c1-8-4-2-3-5-9(8)10-11(12)14-7-6-13-10/h2-7H,1H3,(H2,12,14). The predicted molar refractivity (Wildman–Crippen MR) is 56.6 cm³/mol. The zero-order valence-corrected chi connectivity index (χ0v) is 7.94. The second-order valence-electron chi connectivity index (χ2n) is 3.11. The molecule has 0 bridgehead atoms. The summed E-state index contributed by atoms with van der Waals surface area (Å²) in [6, 6.07) is 7.99. The Morgan fingerprint density at radius 1 is 1.07 bits per heavy atom. The molecule has 0 saturated carbocycles. The lowest BCUT2D eigenvalue weighted by Crippen LogP contribution is -1.96. The van der Waals surface area contributed by atoms with Crippen LogP contribution in [0.3, 0.4) is 0 Å². The van der Waals surface area contributed by atoms with Gasteiger partial charge in [0, 0.05) is 18.0 Å². The van der Waals surface area contributed by atoms with Crippen molar-refractivity contribution < 1.29 is 0 Å². The van der Waals surface area contributed by atoms with Crippen molar-refractivity contribution in [3.8, 4) is 11.3 Å². The maximum Gasteiger partial charge on any atom is 0.149 e. The van der Waals surface area contributed by atoms with E-state index in [9.17, 15) is 0 Å². The summed E-state index contributed by atoms with van der Waals surface area (Å²) in [4.78, 5) is 8.23. The second kappa shape index (κ2) is 3.46. The molecule has 2 aromatic rings. The quantitative estimate of drug-likeness (QED) is 0.739. The van der Waals surface area contributed by atoms with Crippen molar-refractivity contribution >= 4 is 5.82 Å². The number of rotatable bonds is 1. The molecule has 0 atom stereocenters. The highest BCUT2D eigenvalue weighted by atomic mass is 14.9. The number of nitrogens with two attached hydrogens (primary N) is 1. The molecule has 0 aliphatic rings. The summed E-state index contributed by atoms with van der Waals surface area (Å²) in [6.45, 7) is 2.03. The van der Waals surface area contributed by atoms with Crippen LogP contribution in [-0.4, -0.2) is 9.97 Å². The molecule has 0 unspecified atom stereocenters. The first-order chi connectivity index (χ1) is 6.79. The monoisotopic (exact) mass is 185 g/mol. The van der Waals surface area contributed by atoms with Crippen LogP contribution in [0.15, 0.2) is 36.7 Å².